The fourth-order valence-corrected chi connectivity index (χ4v) is 4.22. The van der Waals surface area contributed by atoms with E-state index in [1.807, 2.05) is 18.2 Å². The molecule has 2 aliphatic heterocycles. The molecular formula is C21H27N4O2+. The number of rotatable bonds is 5. The minimum absolute atomic E-state index is 0.226. The van der Waals surface area contributed by atoms with Crippen LogP contribution in [-0.2, 0) is 6.54 Å². The highest BCUT2D eigenvalue weighted by atomic mass is 16.6. The van der Waals surface area contributed by atoms with Gasteiger partial charge in [0.05, 0.1) is 31.1 Å². The Balaban J connectivity index is 1.47. The van der Waals surface area contributed by atoms with E-state index >= 15 is 0 Å². The summed E-state index contributed by atoms with van der Waals surface area (Å²) in [7, 11) is 0. The molecule has 0 radical (unpaired) electrons. The molecule has 4 rings (SSSR count). The van der Waals surface area contributed by atoms with Crippen LogP contribution in [0.2, 0.25) is 0 Å². The fourth-order valence-electron chi connectivity index (χ4n) is 4.22. The maximum Gasteiger partial charge on any atom is 0.292 e. The molecule has 6 heteroatoms. The Bertz CT molecular complexity index is 782. The minimum Gasteiger partial charge on any atom is -0.371 e. The first-order chi connectivity index (χ1) is 13.2. The monoisotopic (exact) mass is 367 g/mol. The summed E-state index contributed by atoms with van der Waals surface area (Å²) in [5, 5.41) is 11.6. The molecule has 0 amide bonds. The van der Waals surface area contributed by atoms with Crippen molar-refractivity contribution in [3.05, 3.63) is 64.2 Å². The summed E-state index contributed by atoms with van der Waals surface area (Å²) >= 11 is 0. The highest BCUT2D eigenvalue weighted by Gasteiger charge is 2.27. The molecule has 0 saturated carbocycles. The smallest absolute Gasteiger partial charge is 0.292 e. The molecule has 0 bridgehead atoms. The second kappa shape index (κ2) is 7.96. The molecule has 27 heavy (non-hydrogen) atoms. The first-order valence-electron chi connectivity index (χ1n) is 9.86. The molecule has 0 unspecified atom stereocenters. The molecule has 2 heterocycles. The van der Waals surface area contributed by atoms with E-state index in [9.17, 15) is 10.1 Å². The normalized spacial score (nSPS) is 18.1. The molecule has 0 aliphatic carbocycles. The van der Waals surface area contributed by atoms with Crippen LogP contribution in [0.25, 0.3) is 0 Å². The second-order valence-corrected chi connectivity index (χ2v) is 7.52. The molecule has 6 nitrogen and oxygen atoms in total. The van der Waals surface area contributed by atoms with Gasteiger partial charge in [-0.05, 0) is 25.0 Å². The summed E-state index contributed by atoms with van der Waals surface area (Å²) in [6, 6.07) is 16.2. The fraction of sp³-hybridized carbons (Fsp3) is 0.429. The van der Waals surface area contributed by atoms with E-state index in [0.717, 1.165) is 57.2 Å². The number of nitro groups is 1. The van der Waals surface area contributed by atoms with Gasteiger partial charge in [0.2, 0.25) is 0 Å². The average Bonchev–Trinajstić information content (AvgIpc) is 3.24. The van der Waals surface area contributed by atoms with Gasteiger partial charge in [0.25, 0.3) is 5.69 Å². The van der Waals surface area contributed by atoms with Crippen molar-refractivity contribution in [1.82, 2.24) is 0 Å². The van der Waals surface area contributed by atoms with Gasteiger partial charge in [-0.3, -0.25) is 10.1 Å². The summed E-state index contributed by atoms with van der Waals surface area (Å²) in [5.41, 5.74) is 3.47. The maximum atomic E-state index is 11.6. The summed E-state index contributed by atoms with van der Waals surface area (Å²) in [6.45, 7) is 6.82. The molecular weight excluding hydrogens is 340 g/mol. The highest BCUT2D eigenvalue weighted by molar-refractivity contribution is 5.70. The van der Waals surface area contributed by atoms with Crippen LogP contribution in [-0.4, -0.2) is 44.2 Å². The van der Waals surface area contributed by atoms with Gasteiger partial charge in [-0.1, -0.05) is 30.3 Å². The third-order valence-corrected chi connectivity index (χ3v) is 5.74. The lowest BCUT2D eigenvalue weighted by Crippen LogP contribution is -3.13. The SMILES string of the molecule is O=[N+]([O-])c1ccc(N2CCCC2)cc1N1CC[NH+](Cc2ccccc2)CC1. The van der Waals surface area contributed by atoms with E-state index in [1.165, 1.54) is 23.3 Å². The van der Waals surface area contributed by atoms with Gasteiger partial charge < -0.3 is 14.7 Å². The third kappa shape index (κ3) is 4.06. The zero-order valence-corrected chi connectivity index (χ0v) is 15.6. The van der Waals surface area contributed by atoms with E-state index in [0.29, 0.717) is 0 Å². The van der Waals surface area contributed by atoms with Crippen LogP contribution in [0.1, 0.15) is 18.4 Å². The maximum absolute atomic E-state index is 11.6. The van der Waals surface area contributed by atoms with Crippen molar-refractivity contribution in [2.75, 3.05) is 49.1 Å². The van der Waals surface area contributed by atoms with Crippen molar-refractivity contribution >= 4 is 17.1 Å². The summed E-state index contributed by atoms with van der Waals surface area (Å²) in [4.78, 5) is 17.4. The number of hydrogen-bond donors (Lipinski definition) is 1. The molecule has 2 aromatic carbocycles. The molecule has 0 spiro atoms. The van der Waals surface area contributed by atoms with Gasteiger partial charge in [-0.15, -0.1) is 0 Å². The summed E-state index contributed by atoms with van der Waals surface area (Å²) in [5.74, 6) is 0. The van der Waals surface area contributed by atoms with Crippen LogP contribution in [0.15, 0.2) is 48.5 Å². The Hall–Kier alpha value is -2.60. The minimum atomic E-state index is -0.244. The average molecular weight is 367 g/mol. The van der Waals surface area contributed by atoms with Crippen LogP contribution < -0.4 is 14.7 Å². The predicted octanol–water partition coefficient (Wildman–Crippen LogP) is 2.10. The van der Waals surface area contributed by atoms with Crippen molar-refractivity contribution in [1.29, 1.82) is 0 Å². The van der Waals surface area contributed by atoms with Gasteiger partial charge in [-0.25, -0.2) is 0 Å². The van der Waals surface area contributed by atoms with Crippen molar-refractivity contribution in [2.24, 2.45) is 0 Å². The van der Waals surface area contributed by atoms with Crippen molar-refractivity contribution in [3.8, 4) is 0 Å². The van der Waals surface area contributed by atoms with Crippen LogP contribution >= 0.6 is 0 Å². The molecule has 0 atom stereocenters. The molecule has 2 aromatic rings. The number of hydrogen-bond acceptors (Lipinski definition) is 4. The Morgan fingerprint density at radius 2 is 1.63 bits per heavy atom. The van der Waals surface area contributed by atoms with Crippen LogP contribution in [0.4, 0.5) is 17.1 Å². The van der Waals surface area contributed by atoms with E-state index < -0.39 is 0 Å². The molecule has 2 saturated heterocycles. The summed E-state index contributed by atoms with van der Waals surface area (Å²) in [6.07, 6.45) is 2.40. The van der Waals surface area contributed by atoms with E-state index in [-0.39, 0.29) is 10.6 Å². The van der Waals surface area contributed by atoms with Crippen molar-refractivity contribution < 1.29 is 9.82 Å². The number of nitrogens with one attached hydrogen (secondary N) is 1. The largest absolute Gasteiger partial charge is 0.371 e. The third-order valence-electron chi connectivity index (χ3n) is 5.74. The number of nitro benzene ring substituents is 1. The van der Waals surface area contributed by atoms with Crippen molar-refractivity contribution in [3.63, 3.8) is 0 Å². The second-order valence-electron chi connectivity index (χ2n) is 7.52. The van der Waals surface area contributed by atoms with E-state index in [4.69, 9.17) is 0 Å². The zero-order valence-electron chi connectivity index (χ0n) is 15.6. The first-order valence-corrected chi connectivity index (χ1v) is 9.86. The quantitative estimate of drug-likeness (QED) is 0.650. The van der Waals surface area contributed by atoms with Gasteiger partial charge in [0, 0.05) is 30.4 Å². The van der Waals surface area contributed by atoms with Gasteiger partial charge >= 0.3 is 0 Å². The van der Waals surface area contributed by atoms with Gasteiger partial charge in [-0.2, -0.15) is 0 Å². The first kappa shape index (κ1) is 17.8. The lowest BCUT2D eigenvalue weighted by Gasteiger charge is -2.34. The predicted molar refractivity (Wildman–Crippen MR) is 108 cm³/mol. The summed E-state index contributed by atoms with van der Waals surface area (Å²) < 4.78 is 0. The van der Waals surface area contributed by atoms with Gasteiger partial charge in [0.1, 0.15) is 12.2 Å². The van der Waals surface area contributed by atoms with Crippen LogP contribution in [0.5, 0.6) is 0 Å². The molecule has 2 aliphatic rings. The Labute approximate surface area is 160 Å². The zero-order chi connectivity index (χ0) is 18.6. The number of benzene rings is 2. The van der Waals surface area contributed by atoms with Crippen molar-refractivity contribution in [2.45, 2.75) is 19.4 Å². The Morgan fingerprint density at radius 3 is 2.30 bits per heavy atom. The lowest BCUT2D eigenvalue weighted by molar-refractivity contribution is -0.914. The van der Waals surface area contributed by atoms with E-state index in [2.05, 4.69) is 34.1 Å². The molecule has 1 N–H and O–H groups in total. The number of piperazine rings is 1. The van der Waals surface area contributed by atoms with Crippen LogP contribution in [0, 0.1) is 10.1 Å². The molecule has 142 valence electrons. The van der Waals surface area contributed by atoms with E-state index in [1.54, 1.807) is 6.07 Å². The topological polar surface area (TPSA) is 54.1 Å². The van der Waals surface area contributed by atoms with Gasteiger partial charge in [0.15, 0.2) is 0 Å². The number of quaternary nitrogens is 1. The number of nitrogens with zero attached hydrogens (tertiary/aromatic N) is 3. The molecule has 0 aromatic heterocycles. The highest BCUT2D eigenvalue weighted by Crippen LogP contribution is 2.33. The number of anilines is 2. The Kier molecular flexibility index (Phi) is 5.25. The standard InChI is InChI=1S/C21H26N4O2/c26-25(27)20-9-8-19(23-10-4-5-11-23)16-21(20)24-14-12-22(13-15-24)17-18-6-2-1-3-7-18/h1-3,6-9,16H,4-5,10-15,17H2/p+1. The van der Waals surface area contributed by atoms with Crippen LogP contribution in [0.3, 0.4) is 0 Å². The Morgan fingerprint density at radius 1 is 0.926 bits per heavy atom. The molecule has 2 fully saturated rings. The lowest BCUT2D eigenvalue weighted by atomic mass is 10.1.